The molecule has 0 spiro atoms. The predicted octanol–water partition coefficient (Wildman–Crippen LogP) is 6.14. The smallest absolute Gasteiger partial charge is 0.220 e. The van der Waals surface area contributed by atoms with Crippen molar-refractivity contribution >= 4 is 5.91 Å². The van der Waals surface area contributed by atoms with Gasteiger partial charge in [-0.25, -0.2) is 0 Å². The van der Waals surface area contributed by atoms with Crippen LogP contribution in [0.1, 0.15) is 110 Å². The summed E-state index contributed by atoms with van der Waals surface area (Å²) in [6.07, 6.45) is 23.6. The highest BCUT2D eigenvalue weighted by molar-refractivity contribution is 5.76. The molecule has 0 aliphatic heterocycles. The van der Waals surface area contributed by atoms with Gasteiger partial charge in [-0.15, -0.1) is 0 Å². The maximum Gasteiger partial charge on any atom is 0.220 e. The van der Waals surface area contributed by atoms with E-state index < -0.39 is 0 Å². The molecule has 3 N–H and O–H groups in total. The number of hydrogen-bond acceptors (Lipinski definition) is 2. The van der Waals surface area contributed by atoms with Crippen LogP contribution >= 0.6 is 0 Å². The number of aliphatic hydroxyl groups is 1. The SMILES string of the molecule is CCCCCCCC/C=C\CCCCCCCCC(C(N)=O)C(C)CO. The lowest BCUT2D eigenvalue weighted by Gasteiger charge is -2.18. The van der Waals surface area contributed by atoms with Crippen LogP contribution in [0, 0.1) is 11.8 Å². The zero-order chi connectivity index (χ0) is 19.5. The Hall–Kier alpha value is -0.830. The van der Waals surface area contributed by atoms with E-state index in [0.717, 1.165) is 19.3 Å². The Morgan fingerprint density at radius 3 is 1.77 bits per heavy atom. The maximum absolute atomic E-state index is 11.4. The van der Waals surface area contributed by atoms with E-state index in [-0.39, 0.29) is 24.3 Å². The van der Waals surface area contributed by atoms with Crippen LogP contribution in [0.15, 0.2) is 12.2 Å². The van der Waals surface area contributed by atoms with Crippen molar-refractivity contribution in [3.05, 3.63) is 12.2 Å². The van der Waals surface area contributed by atoms with Gasteiger partial charge >= 0.3 is 0 Å². The van der Waals surface area contributed by atoms with Gasteiger partial charge in [-0.05, 0) is 38.0 Å². The summed E-state index contributed by atoms with van der Waals surface area (Å²) in [6.45, 7) is 4.21. The molecule has 0 saturated heterocycles. The minimum absolute atomic E-state index is 0.0179. The second-order valence-electron chi connectivity index (χ2n) is 7.90. The van der Waals surface area contributed by atoms with Gasteiger partial charge in [0.2, 0.25) is 5.91 Å². The van der Waals surface area contributed by atoms with Crippen LogP contribution in [0.3, 0.4) is 0 Å². The summed E-state index contributed by atoms with van der Waals surface area (Å²) in [7, 11) is 0. The Bertz CT molecular complexity index is 341. The van der Waals surface area contributed by atoms with Crippen LogP contribution in [0.4, 0.5) is 0 Å². The van der Waals surface area contributed by atoms with Gasteiger partial charge in [-0.3, -0.25) is 4.79 Å². The van der Waals surface area contributed by atoms with Crippen LogP contribution in [0.25, 0.3) is 0 Å². The van der Waals surface area contributed by atoms with Gasteiger partial charge in [0, 0.05) is 12.5 Å². The second-order valence-corrected chi connectivity index (χ2v) is 7.90. The number of amides is 1. The van der Waals surface area contributed by atoms with Crippen LogP contribution in [0.5, 0.6) is 0 Å². The molecule has 0 aromatic rings. The minimum atomic E-state index is -0.265. The third kappa shape index (κ3) is 15.4. The molecule has 0 saturated carbocycles. The molecule has 0 bridgehead atoms. The fourth-order valence-electron chi connectivity index (χ4n) is 3.45. The third-order valence-corrected chi connectivity index (χ3v) is 5.37. The number of primary amides is 1. The number of carbonyl (C=O) groups excluding carboxylic acids is 1. The molecule has 2 atom stereocenters. The van der Waals surface area contributed by atoms with E-state index in [1.54, 1.807) is 0 Å². The van der Waals surface area contributed by atoms with Gasteiger partial charge in [-0.1, -0.05) is 90.2 Å². The number of carbonyl (C=O) groups is 1. The lowest BCUT2D eigenvalue weighted by atomic mass is 9.89. The van der Waals surface area contributed by atoms with Crippen molar-refractivity contribution in [1.29, 1.82) is 0 Å². The molecule has 0 aliphatic carbocycles. The Morgan fingerprint density at radius 2 is 1.31 bits per heavy atom. The Morgan fingerprint density at radius 1 is 0.846 bits per heavy atom. The molecule has 0 heterocycles. The first-order chi connectivity index (χ1) is 12.6. The summed E-state index contributed by atoms with van der Waals surface area (Å²) in [5.41, 5.74) is 5.42. The zero-order valence-corrected chi connectivity index (χ0v) is 17.6. The number of unbranched alkanes of at least 4 members (excludes halogenated alkanes) is 12. The second kappa shape index (κ2) is 18.9. The van der Waals surface area contributed by atoms with E-state index in [0.29, 0.717) is 0 Å². The molecule has 1 amide bonds. The van der Waals surface area contributed by atoms with E-state index in [2.05, 4.69) is 19.1 Å². The Kier molecular flexibility index (Phi) is 18.3. The summed E-state index contributed by atoms with van der Waals surface area (Å²) in [5.74, 6) is -0.452. The highest BCUT2D eigenvalue weighted by atomic mass is 16.3. The molecular weight excluding hydrogens is 322 g/mol. The van der Waals surface area contributed by atoms with Crippen molar-refractivity contribution in [1.82, 2.24) is 0 Å². The number of nitrogens with two attached hydrogens (primary N) is 1. The molecule has 0 fully saturated rings. The van der Waals surface area contributed by atoms with Gasteiger partial charge in [0.1, 0.15) is 0 Å². The summed E-state index contributed by atoms with van der Waals surface area (Å²) in [5, 5.41) is 9.18. The molecule has 3 heteroatoms. The average Bonchev–Trinajstić information content (AvgIpc) is 2.63. The number of hydrogen-bond donors (Lipinski definition) is 2. The highest BCUT2D eigenvalue weighted by Crippen LogP contribution is 2.19. The summed E-state index contributed by atoms with van der Waals surface area (Å²) in [4.78, 5) is 11.4. The maximum atomic E-state index is 11.4. The molecule has 0 radical (unpaired) electrons. The first-order valence-electron chi connectivity index (χ1n) is 11.2. The van der Waals surface area contributed by atoms with Gasteiger partial charge in [-0.2, -0.15) is 0 Å². The molecule has 0 aromatic heterocycles. The third-order valence-electron chi connectivity index (χ3n) is 5.37. The highest BCUT2D eigenvalue weighted by Gasteiger charge is 2.21. The molecule has 0 aliphatic rings. The zero-order valence-electron chi connectivity index (χ0n) is 17.6. The van der Waals surface area contributed by atoms with Crippen LogP contribution in [0.2, 0.25) is 0 Å². The molecule has 0 aromatic carbocycles. The van der Waals surface area contributed by atoms with E-state index in [1.807, 2.05) is 6.92 Å². The van der Waals surface area contributed by atoms with Gasteiger partial charge in [0.25, 0.3) is 0 Å². The molecule has 154 valence electrons. The van der Waals surface area contributed by atoms with E-state index in [1.165, 1.54) is 77.0 Å². The van der Waals surface area contributed by atoms with E-state index in [9.17, 15) is 9.90 Å². The topological polar surface area (TPSA) is 63.3 Å². The lowest BCUT2D eigenvalue weighted by Crippen LogP contribution is -2.30. The average molecular weight is 368 g/mol. The number of allylic oxidation sites excluding steroid dienone is 2. The summed E-state index contributed by atoms with van der Waals surface area (Å²) >= 11 is 0. The van der Waals surface area contributed by atoms with Gasteiger partial charge in [0.15, 0.2) is 0 Å². The van der Waals surface area contributed by atoms with E-state index >= 15 is 0 Å². The van der Waals surface area contributed by atoms with Crippen molar-refractivity contribution in [2.75, 3.05) is 6.61 Å². The lowest BCUT2D eigenvalue weighted by molar-refractivity contribution is -0.124. The molecule has 3 nitrogen and oxygen atoms in total. The summed E-state index contributed by atoms with van der Waals surface area (Å²) < 4.78 is 0. The first-order valence-corrected chi connectivity index (χ1v) is 11.2. The van der Waals surface area contributed by atoms with Crippen molar-refractivity contribution < 1.29 is 9.90 Å². The van der Waals surface area contributed by atoms with Gasteiger partial charge < -0.3 is 10.8 Å². The van der Waals surface area contributed by atoms with Crippen molar-refractivity contribution in [2.24, 2.45) is 17.6 Å². The van der Waals surface area contributed by atoms with Crippen molar-refractivity contribution in [2.45, 2.75) is 110 Å². The first kappa shape index (κ1) is 25.2. The molecule has 0 rings (SSSR count). The fourth-order valence-corrected chi connectivity index (χ4v) is 3.45. The standard InChI is InChI=1S/C23H45NO2/c1-3-4-5-6-7-8-9-10-11-12-13-14-15-16-17-18-19-22(23(24)26)21(2)20-25/h10-11,21-22,25H,3-9,12-20H2,1-2H3,(H2,24,26)/b11-10-. The fraction of sp³-hybridized carbons (Fsp3) is 0.870. The van der Waals surface area contributed by atoms with Crippen molar-refractivity contribution in [3.8, 4) is 0 Å². The predicted molar refractivity (Wildman–Crippen MR) is 113 cm³/mol. The molecular formula is C23H45NO2. The quantitative estimate of drug-likeness (QED) is 0.213. The Labute approximate surface area is 162 Å². The monoisotopic (exact) mass is 367 g/mol. The van der Waals surface area contributed by atoms with Crippen LogP contribution in [-0.4, -0.2) is 17.6 Å². The van der Waals surface area contributed by atoms with Gasteiger partial charge in [0.05, 0.1) is 0 Å². The molecule has 26 heavy (non-hydrogen) atoms. The number of rotatable bonds is 19. The van der Waals surface area contributed by atoms with E-state index in [4.69, 9.17) is 5.73 Å². The number of aliphatic hydroxyl groups excluding tert-OH is 1. The van der Waals surface area contributed by atoms with Crippen molar-refractivity contribution in [3.63, 3.8) is 0 Å². The normalized spacial score (nSPS) is 14.0. The minimum Gasteiger partial charge on any atom is -0.396 e. The van der Waals surface area contributed by atoms with Crippen LogP contribution in [-0.2, 0) is 4.79 Å². The van der Waals surface area contributed by atoms with Crippen LogP contribution < -0.4 is 5.73 Å². The summed E-state index contributed by atoms with van der Waals surface area (Å²) in [6, 6.07) is 0. The Balaban J connectivity index is 3.38. The largest absolute Gasteiger partial charge is 0.396 e. The molecule has 2 unspecified atom stereocenters.